The molecule has 0 saturated heterocycles. The normalized spacial score (nSPS) is 9.84. The average molecular weight is 269 g/mol. The van der Waals surface area contributed by atoms with Crippen molar-refractivity contribution in [1.82, 2.24) is 9.97 Å². The SMILES string of the molecule is CCOC(=O)CCCNc1nc(OC)cc(OC)n1. The van der Waals surface area contributed by atoms with Crippen LogP contribution in [-0.4, -0.2) is 43.3 Å². The Kier molecular flexibility index (Phi) is 6.42. The van der Waals surface area contributed by atoms with Gasteiger partial charge in [-0.05, 0) is 13.3 Å². The van der Waals surface area contributed by atoms with Crippen molar-refractivity contribution in [3.05, 3.63) is 6.07 Å². The lowest BCUT2D eigenvalue weighted by Gasteiger charge is -2.08. The summed E-state index contributed by atoms with van der Waals surface area (Å²) >= 11 is 0. The van der Waals surface area contributed by atoms with E-state index in [1.165, 1.54) is 14.2 Å². The molecule has 0 spiro atoms. The summed E-state index contributed by atoms with van der Waals surface area (Å²) in [6.45, 7) is 2.75. The molecule has 7 heteroatoms. The van der Waals surface area contributed by atoms with Crippen molar-refractivity contribution in [2.75, 3.05) is 32.7 Å². The van der Waals surface area contributed by atoms with Crippen LogP contribution in [-0.2, 0) is 9.53 Å². The Hall–Kier alpha value is -2.05. The van der Waals surface area contributed by atoms with E-state index in [1.807, 2.05) is 0 Å². The van der Waals surface area contributed by atoms with Crippen molar-refractivity contribution in [2.45, 2.75) is 19.8 Å². The van der Waals surface area contributed by atoms with Gasteiger partial charge in [0.15, 0.2) is 0 Å². The first kappa shape index (κ1) is 15.0. The van der Waals surface area contributed by atoms with Gasteiger partial charge in [-0.15, -0.1) is 0 Å². The summed E-state index contributed by atoms with van der Waals surface area (Å²) in [4.78, 5) is 19.4. The van der Waals surface area contributed by atoms with Gasteiger partial charge >= 0.3 is 5.97 Å². The fourth-order valence-corrected chi connectivity index (χ4v) is 1.36. The molecule has 1 aromatic heterocycles. The van der Waals surface area contributed by atoms with E-state index in [-0.39, 0.29) is 5.97 Å². The number of carbonyl (C=O) groups excluding carboxylic acids is 1. The lowest BCUT2D eigenvalue weighted by atomic mass is 10.3. The van der Waals surface area contributed by atoms with Crippen molar-refractivity contribution in [3.63, 3.8) is 0 Å². The molecule has 0 saturated carbocycles. The quantitative estimate of drug-likeness (QED) is 0.561. The predicted octanol–water partition coefficient (Wildman–Crippen LogP) is 1.25. The van der Waals surface area contributed by atoms with Crippen LogP contribution in [0.25, 0.3) is 0 Å². The minimum absolute atomic E-state index is 0.201. The molecule has 1 aromatic rings. The standard InChI is InChI=1S/C12H19N3O4/c1-4-19-11(16)6-5-7-13-12-14-9(17-2)8-10(15-12)18-3/h8H,4-7H2,1-3H3,(H,13,14,15). The number of hydrogen-bond donors (Lipinski definition) is 1. The van der Waals surface area contributed by atoms with Gasteiger partial charge in [0.2, 0.25) is 17.7 Å². The average Bonchev–Trinajstić information content (AvgIpc) is 2.43. The second kappa shape index (κ2) is 8.12. The molecule has 0 unspecified atom stereocenters. The number of nitrogens with one attached hydrogen (secondary N) is 1. The second-order valence-corrected chi connectivity index (χ2v) is 3.61. The third kappa shape index (κ3) is 5.41. The fourth-order valence-electron chi connectivity index (χ4n) is 1.36. The summed E-state index contributed by atoms with van der Waals surface area (Å²) in [5, 5.41) is 3.00. The number of anilines is 1. The van der Waals surface area contributed by atoms with Crippen LogP contribution in [0.1, 0.15) is 19.8 Å². The first-order valence-corrected chi connectivity index (χ1v) is 6.06. The third-order valence-corrected chi connectivity index (χ3v) is 2.24. The smallest absolute Gasteiger partial charge is 0.305 e. The first-order chi connectivity index (χ1) is 9.19. The third-order valence-electron chi connectivity index (χ3n) is 2.24. The van der Waals surface area contributed by atoms with E-state index in [4.69, 9.17) is 14.2 Å². The lowest BCUT2D eigenvalue weighted by Crippen LogP contribution is -2.10. The molecule has 1 heterocycles. The molecule has 106 valence electrons. The van der Waals surface area contributed by atoms with Gasteiger partial charge in [-0.25, -0.2) is 0 Å². The monoisotopic (exact) mass is 269 g/mol. The van der Waals surface area contributed by atoms with Gasteiger partial charge < -0.3 is 19.5 Å². The highest BCUT2D eigenvalue weighted by molar-refractivity contribution is 5.69. The molecule has 0 aliphatic rings. The summed E-state index contributed by atoms with van der Waals surface area (Å²) in [6, 6.07) is 1.59. The molecule has 1 N–H and O–H groups in total. The Morgan fingerprint density at radius 3 is 2.42 bits per heavy atom. The predicted molar refractivity (Wildman–Crippen MR) is 69.5 cm³/mol. The minimum Gasteiger partial charge on any atom is -0.481 e. The van der Waals surface area contributed by atoms with Crippen LogP contribution in [0.2, 0.25) is 0 Å². The van der Waals surface area contributed by atoms with Crippen molar-refractivity contribution in [2.24, 2.45) is 0 Å². The number of esters is 1. The highest BCUT2D eigenvalue weighted by Crippen LogP contribution is 2.17. The number of aromatic nitrogens is 2. The van der Waals surface area contributed by atoms with Crippen LogP contribution in [0.4, 0.5) is 5.95 Å². The van der Waals surface area contributed by atoms with E-state index in [1.54, 1.807) is 13.0 Å². The molecular formula is C12H19N3O4. The zero-order valence-corrected chi connectivity index (χ0v) is 11.4. The van der Waals surface area contributed by atoms with E-state index < -0.39 is 0 Å². The summed E-state index contributed by atoms with van der Waals surface area (Å²) in [6.07, 6.45) is 1.00. The molecule has 0 atom stereocenters. The number of ether oxygens (including phenoxy) is 3. The molecule has 0 aromatic carbocycles. The van der Waals surface area contributed by atoms with Crippen LogP contribution in [0, 0.1) is 0 Å². The van der Waals surface area contributed by atoms with Crippen molar-refractivity contribution >= 4 is 11.9 Å². The molecule has 0 bridgehead atoms. The Morgan fingerprint density at radius 1 is 1.26 bits per heavy atom. The highest BCUT2D eigenvalue weighted by atomic mass is 16.5. The molecule has 0 aliphatic carbocycles. The van der Waals surface area contributed by atoms with Crippen LogP contribution in [0.3, 0.4) is 0 Å². The Bertz CT molecular complexity index is 390. The highest BCUT2D eigenvalue weighted by Gasteiger charge is 2.05. The van der Waals surface area contributed by atoms with Crippen molar-refractivity contribution in [3.8, 4) is 11.8 Å². The molecule has 0 aliphatic heterocycles. The molecule has 19 heavy (non-hydrogen) atoms. The van der Waals surface area contributed by atoms with Gasteiger partial charge in [-0.1, -0.05) is 0 Å². The maximum atomic E-state index is 11.1. The minimum atomic E-state index is -0.201. The summed E-state index contributed by atoms with van der Waals surface area (Å²) < 4.78 is 14.9. The van der Waals surface area contributed by atoms with E-state index in [9.17, 15) is 4.79 Å². The topological polar surface area (TPSA) is 82.6 Å². The van der Waals surface area contributed by atoms with Gasteiger partial charge in [0.25, 0.3) is 0 Å². The Labute approximate surface area is 112 Å². The van der Waals surface area contributed by atoms with Gasteiger partial charge in [0.05, 0.1) is 26.9 Å². The molecule has 0 amide bonds. The molecular weight excluding hydrogens is 250 g/mol. The van der Waals surface area contributed by atoms with Gasteiger partial charge in [0.1, 0.15) is 0 Å². The first-order valence-electron chi connectivity index (χ1n) is 6.06. The van der Waals surface area contributed by atoms with E-state index in [0.29, 0.717) is 43.7 Å². The maximum absolute atomic E-state index is 11.1. The zero-order valence-electron chi connectivity index (χ0n) is 11.4. The molecule has 0 fully saturated rings. The van der Waals surface area contributed by atoms with Crippen molar-refractivity contribution in [1.29, 1.82) is 0 Å². The Balaban J connectivity index is 2.42. The largest absolute Gasteiger partial charge is 0.481 e. The summed E-state index contributed by atoms with van der Waals surface area (Å²) in [7, 11) is 3.04. The number of hydrogen-bond acceptors (Lipinski definition) is 7. The van der Waals surface area contributed by atoms with Gasteiger partial charge in [-0.3, -0.25) is 4.79 Å². The van der Waals surface area contributed by atoms with E-state index in [0.717, 1.165) is 0 Å². The molecule has 1 rings (SSSR count). The molecule has 7 nitrogen and oxygen atoms in total. The van der Waals surface area contributed by atoms with Gasteiger partial charge in [0, 0.05) is 13.0 Å². The van der Waals surface area contributed by atoms with E-state index >= 15 is 0 Å². The summed E-state index contributed by atoms with van der Waals surface area (Å²) in [5.41, 5.74) is 0. The number of rotatable bonds is 8. The number of methoxy groups -OCH3 is 2. The fraction of sp³-hybridized carbons (Fsp3) is 0.583. The van der Waals surface area contributed by atoms with Crippen LogP contribution in [0.15, 0.2) is 6.07 Å². The van der Waals surface area contributed by atoms with E-state index in [2.05, 4.69) is 15.3 Å². The van der Waals surface area contributed by atoms with Crippen LogP contribution >= 0.6 is 0 Å². The molecule has 0 radical (unpaired) electrons. The zero-order chi connectivity index (χ0) is 14.1. The van der Waals surface area contributed by atoms with Crippen molar-refractivity contribution < 1.29 is 19.0 Å². The van der Waals surface area contributed by atoms with Gasteiger partial charge in [-0.2, -0.15) is 9.97 Å². The summed E-state index contributed by atoms with van der Waals surface area (Å²) in [5.74, 6) is 1.04. The number of carbonyl (C=O) groups is 1. The Morgan fingerprint density at radius 2 is 1.89 bits per heavy atom. The maximum Gasteiger partial charge on any atom is 0.305 e. The van der Waals surface area contributed by atoms with Crippen LogP contribution in [0.5, 0.6) is 11.8 Å². The second-order valence-electron chi connectivity index (χ2n) is 3.61. The van der Waals surface area contributed by atoms with Crippen LogP contribution < -0.4 is 14.8 Å². The lowest BCUT2D eigenvalue weighted by molar-refractivity contribution is -0.143. The number of nitrogens with zero attached hydrogens (tertiary/aromatic N) is 2.